The molecule has 0 unspecified atom stereocenters. The first-order chi connectivity index (χ1) is 6.68. The Balaban J connectivity index is 2.43. The van der Waals surface area contributed by atoms with Crippen molar-refractivity contribution in [3.8, 4) is 11.5 Å². The number of imidazole rings is 1. The molecule has 0 aliphatic heterocycles. The number of aromatic nitrogens is 4. The highest BCUT2D eigenvalue weighted by Gasteiger charge is 2.13. The molecule has 0 fully saturated rings. The second kappa shape index (κ2) is 3.06. The van der Waals surface area contributed by atoms with Crippen LogP contribution in [0.1, 0.15) is 17.6 Å². The average Bonchev–Trinajstić information content (AvgIpc) is 2.71. The minimum Gasteiger partial charge on any atom is -0.331 e. The summed E-state index contributed by atoms with van der Waals surface area (Å²) in [6, 6.07) is 0. The predicted molar refractivity (Wildman–Crippen MR) is 46.5 cm³/mol. The molecule has 2 aromatic heterocycles. The summed E-state index contributed by atoms with van der Waals surface area (Å²) in [5.41, 5.74) is 0.709. The molecule has 6 heteroatoms. The van der Waals surface area contributed by atoms with Crippen LogP contribution in [-0.4, -0.2) is 25.5 Å². The molecule has 0 saturated carbocycles. The van der Waals surface area contributed by atoms with Gasteiger partial charge in [0, 0.05) is 14.0 Å². The summed E-state index contributed by atoms with van der Waals surface area (Å²) in [4.78, 5) is 18.7. The summed E-state index contributed by atoms with van der Waals surface area (Å²) < 4.78 is 6.50. The van der Waals surface area contributed by atoms with Gasteiger partial charge in [0.1, 0.15) is 5.69 Å². The van der Waals surface area contributed by atoms with Crippen molar-refractivity contribution in [1.82, 2.24) is 19.7 Å². The SMILES string of the molecule is CC(=O)c1nc(-c2cncn2C)no1. The standard InChI is InChI=1S/C8H8N4O2/c1-5(13)8-10-7(11-14-8)6-3-9-4-12(6)2/h3-4H,1-2H3. The van der Waals surface area contributed by atoms with Gasteiger partial charge in [0.15, 0.2) is 0 Å². The number of rotatable bonds is 2. The maximum absolute atomic E-state index is 10.9. The Morgan fingerprint density at radius 3 is 2.86 bits per heavy atom. The number of carbonyl (C=O) groups is 1. The fourth-order valence-electron chi connectivity index (χ4n) is 1.04. The van der Waals surface area contributed by atoms with Crippen LogP contribution in [0.25, 0.3) is 11.5 Å². The van der Waals surface area contributed by atoms with Gasteiger partial charge in [0.25, 0.3) is 5.89 Å². The Labute approximate surface area is 79.6 Å². The summed E-state index contributed by atoms with van der Waals surface area (Å²) in [7, 11) is 1.81. The van der Waals surface area contributed by atoms with Crippen LogP contribution in [0.3, 0.4) is 0 Å². The van der Waals surface area contributed by atoms with Crippen LogP contribution >= 0.6 is 0 Å². The highest BCUT2D eigenvalue weighted by molar-refractivity contribution is 5.89. The highest BCUT2D eigenvalue weighted by Crippen LogP contribution is 2.13. The molecule has 6 nitrogen and oxygen atoms in total. The normalized spacial score (nSPS) is 10.4. The molecule has 0 atom stereocenters. The van der Waals surface area contributed by atoms with Crippen molar-refractivity contribution in [3.63, 3.8) is 0 Å². The Morgan fingerprint density at radius 1 is 1.57 bits per heavy atom. The minimum atomic E-state index is -0.245. The maximum Gasteiger partial charge on any atom is 0.294 e. The van der Waals surface area contributed by atoms with Crippen LogP contribution in [0.4, 0.5) is 0 Å². The molecule has 0 aliphatic rings. The van der Waals surface area contributed by atoms with Gasteiger partial charge in [-0.15, -0.1) is 0 Å². The van der Waals surface area contributed by atoms with Gasteiger partial charge in [-0.2, -0.15) is 4.98 Å². The van der Waals surface area contributed by atoms with E-state index in [1.807, 2.05) is 7.05 Å². The minimum absolute atomic E-state index is 0.0150. The smallest absolute Gasteiger partial charge is 0.294 e. The van der Waals surface area contributed by atoms with Crippen molar-refractivity contribution in [2.75, 3.05) is 0 Å². The van der Waals surface area contributed by atoms with Gasteiger partial charge in [0.2, 0.25) is 11.6 Å². The molecule has 0 spiro atoms. The molecule has 0 amide bonds. The number of Topliss-reactive ketones (excluding diaryl/α,β-unsaturated/α-hetero) is 1. The molecule has 2 aromatic rings. The quantitative estimate of drug-likeness (QED) is 0.654. The number of nitrogens with zero attached hydrogens (tertiary/aromatic N) is 4. The van der Waals surface area contributed by atoms with E-state index in [0.29, 0.717) is 11.5 Å². The zero-order valence-corrected chi connectivity index (χ0v) is 7.76. The monoisotopic (exact) mass is 192 g/mol. The molecule has 2 rings (SSSR count). The van der Waals surface area contributed by atoms with Crippen LogP contribution in [-0.2, 0) is 7.05 Å². The predicted octanol–water partition coefficient (Wildman–Crippen LogP) is 0.673. The van der Waals surface area contributed by atoms with Crippen molar-refractivity contribution < 1.29 is 9.32 Å². The van der Waals surface area contributed by atoms with Crippen LogP contribution < -0.4 is 0 Å². The molecule has 72 valence electrons. The largest absolute Gasteiger partial charge is 0.331 e. The first-order valence-electron chi connectivity index (χ1n) is 4.00. The summed E-state index contributed by atoms with van der Waals surface area (Å²) in [6.45, 7) is 1.38. The van der Waals surface area contributed by atoms with E-state index in [2.05, 4.69) is 15.1 Å². The Morgan fingerprint density at radius 2 is 2.36 bits per heavy atom. The van der Waals surface area contributed by atoms with Crippen molar-refractivity contribution in [2.45, 2.75) is 6.92 Å². The van der Waals surface area contributed by atoms with Crippen LogP contribution in [0, 0.1) is 0 Å². The molecule has 0 aliphatic carbocycles. The van der Waals surface area contributed by atoms with E-state index >= 15 is 0 Å². The van der Waals surface area contributed by atoms with Crippen molar-refractivity contribution >= 4 is 5.78 Å². The number of aryl methyl sites for hydroxylation is 1. The summed E-state index contributed by atoms with van der Waals surface area (Å²) >= 11 is 0. The van der Waals surface area contributed by atoms with Gasteiger partial charge < -0.3 is 9.09 Å². The Bertz CT molecular complexity index is 471. The third-order valence-electron chi connectivity index (χ3n) is 1.77. The summed E-state index contributed by atoms with van der Waals surface area (Å²) in [6.07, 6.45) is 3.23. The summed E-state index contributed by atoms with van der Waals surface area (Å²) in [5.74, 6) is 0.141. The Hall–Kier alpha value is -1.98. The highest BCUT2D eigenvalue weighted by atomic mass is 16.5. The molecular formula is C8H8N4O2. The molecule has 0 radical (unpaired) electrons. The van der Waals surface area contributed by atoms with E-state index in [9.17, 15) is 4.79 Å². The third-order valence-corrected chi connectivity index (χ3v) is 1.77. The lowest BCUT2D eigenvalue weighted by Gasteiger charge is -1.92. The van der Waals surface area contributed by atoms with Gasteiger partial charge in [-0.3, -0.25) is 4.79 Å². The van der Waals surface area contributed by atoms with Gasteiger partial charge in [0.05, 0.1) is 12.5 Å². The molecule has 14 heavy (non-hydrogen) atoms. The zero-order chi connectivity index (χ0) is 10.1. The Kier molecular flexibility index (Phi) is 1.88. The fraction of sp³-hybridized carbons (Fsp3) is 0.250. The summed E-state index contributed by atoms with van der Waals surface area (Å²) in [5, 5.41) is 3.67. The van der Waals surface area contributed by atoms with E-state index in [1.54, 1.807) is 17.1 Å². The lowest BCUT2D eigenvalue weighted by Crippen LogP contribution is -1.93. The van der Waals surface area contributed by atoms with Gasteiger partial charge >= 0.3 is 0 Å². The molecule has 0 N–H and O–H groups in total. The fourth-order valence-corrected chi connectivity index (χ4v) is 1.04. The van der Waals surface area contributed by atoms with Crippen LogP contribution in [0.15, 0.2) is 17.0 Å². The molecular weight excluding hydrogens is 184 g/mol. The van der Waals surface area contributed by atoms with Gasteiger partial charge in [-0.05, 0) is 0 Å². The van der Waals surface area contributed by atoms with Crippen LogP contribution in [0.5, 0.6) is 0 Å². The van der Waals surface area contributed by atoms with Crippen LogP contribution in [0.2, 0.25) is 0 Å². The number of hydrogen-bond donors (Lipinski definition) is 0. The lowest BCUT2D eigenvalue weighted by atomic mass is 10.4. The van der Waals surface area contributed by atoms with E-state index < -0.39 is 0 Å². The van der Waals surface area contributed by atoms with Crippen molar-refractivity contribution in [1.29, 1.82) is 0 Å². The topological polar surface area (TPSA) is 73.8 Å². The van der Waals surface area contributed by atoms with Crippen molar-refractivity contribution in [3.05, 3.63) is 18.4 Å². The van der Waals surface area contributed by atoms with Gasteiger partial charge in [-0.25, -0.2) is 4.98 Å². The van der Waals surface area contributed by atoms with E-state index in [0.717, 1.165) is 0 Å². The average molecular weight is 192 g/mol. The molecule has 0 aromatic carbocycles. The first kappa shape index (κ1) is 8.61. The molecule has 2 heterocycles. The van der Waals surface area contributed by atoms with E-state index in [1.165, 1.54) is 6.92 Å². The number of ketones is 1. The van der Waals surface area contributed by atoms with Gasteiger partial charge in [-0.1, -0.05) is 5.16 Å². The number of carbonyl (C=O) groups excluding carboxylic acids is 1. The maximum atomic E-state index is 10.9. The molecule has 0 bridgehead atoms. The van der Waals surface area contributed by atoms with E-state index in [4.69, 9.17) is 4.52 Å². The second-order valence-corrected chi connectivity index (χ2v) is 2.87. The lowest BCUT2D eigenvalue weighted by molar-refractivity contribution is 0.0972. The third kappa shape index (κ3) is 1.30. The second-order valence-electron chi connectivity index (χ2n) is 2.87. The first-order valence-corrected chi connectivity index (χ1v) is 4.00. The zero-order valence-electron chi connectivity index (χ0n) is 7.76. The van der Waals surface area contributed by atoms with E-state index in [-0.39, 0.29) is 11.7 Å². The number of hydrogen-bond acceptors (Lipinski definition) is 5. The molecule has 0 saturated heterocycles. The van der Waals surface area contributed by atoms with Crippen molar-refractivity contribution in [2.24, 2.45) is 7.05 Å².